The van der Waals surface area contributed by atoms with Gasteiger partial charge in [-0.1, -0.05) is 0 Å². The van der Waals surface area contributed by atoms with E-state index in [0.29, 0.717) is 0 Å². The van der Waals surface area contributed by atoms with Crippen LogP contribution in [0.3, 0.4) is 0 Å². The Morgan fingerprint density at radius 1 is 1.00 bits per heavy atom. The standard InChI is InChI=1S/C11H20N2/c1-4-8-13(9-5-1)10-11-6-2-3-7-12-11/h10,12H,1-9H2/b11-10-. The summed E-state index contributed by atoms with van der Waals surface area (Å²) in [7, 11) is 0. The van der Waals surface area contributed by atoms with Crippen molar-refractivity contribution in [1.29, 1.82) is 0 Å². The molecule has 0 saturated carbocycles. The lowest BCUT2D eigenvalue weighted by Crippen LogP contribution is -2.28. The number of piperidine rings is 2. The molecule has 0 aliphatic carbocycles. The molecule has 2 heteroatoms. The van der Waals surface area contributed by atoms with Gasteiger partial charge < -0.3 is 10.2 Å². The van der Waals surface area contributed by atoms with E-state index in [-0.39, 0.29) is 0 Å². The van der Waals surface area contributed by atoms with Crippen LogP contribution in [-0.4, -0.2) is 24.5 Å². The van der Waals surface area contributed by atoms with Gasteiger partial charge in [0.25, 0.3) is 0 Å². The van der Waals surface area contributed by atoms with E-state index in [2.05, 4.69) is 16.4 Å². The summed E-state index contributed by atoms with van der Waals surface area (Å²) in [5.74, 6) is 0. The maximum atomic E-state index is 3.49. The zero-order valence-electron chi connectivity index (χ0n) is 8.39. The Balaban J connectivity index is 1.85. The van der Waals surface area contributed by atoms with Gasteiger partial charge in [-0.15, -0.1) is 0 Å². The van der Waals surface area contributed by atoms with Gasteiger partial charge in [-0.05, 0) is 38.5 Å². The smallest absolute Gasteiger partial charge is 0.0268 e. The van der Waals surface area contributed by atoms with Crippen LogP contribution in [-0.2, 0) is 0 Å². The molecule has 2 aliphatic rings. The summed E-state index contributed by atoms with van der Waals surface area (Å²) in [6.45, 7) is 3.72. The molecule has 74 valence electrons. The van der Waals surface area contributed by atoms with Crippen molar-refractivity contribution >= 4 is 0 Å². The first-order valence-electron chi connectivity index (χ1n) is 5.64. The first kappa shape index (κ1) is 8.92. The number of likely N-dealkylation sites (tertiary alicyclic amines) is 1. The Morgan fingerprint density at radius 2 is 1.85 bits per heavy atom. The average molecular weight is 180 g/mol. The average Bonchev–Trinajstić information content (AvgIpc) is 2.21. The Kier molecular flexibility index (Phi) is 3.11. The summed E-state index contributed by atoms with van der Waals surface area (Å²) >= 11 is 0. The minimum Gasteiger partial charge on any atom is -0.387 e. The fourth-order valence-electron chi connectivity index (χ4n) is 2.16. The number of hydrogen-bond donors (Lipinski definition) is 1. The topological polar surface area (TPSA) is 15.3 Å². The quantitative estimate of drug-likeness (QED) is 0.664. The summed E-state index contributed by atoms with van der Waals surface area (Å²) in [5.41, 5.74) is 1.47. The van der Waals surface area contributed by atoms with Gasteiger partial charge in [0.05, 0.1) is 0 Å². The molecule has 0 unspecified atom stereocenters. The molecule has 2 fully saturated rings. The van der Waals surface area contributed by atoms with Gasteiger partial charge in [0, 0.05) is 31.5 Å². The third-order valence-corrected chi connectivity index (χ3v) is 2.95. The van der Waals surface area contributed by atoms with E-state index in [4.69, 9.17) is 0 Å². The summed E-state index contributed by atoms with van der Waals surface area (Å²) in [4.78, 5) is 2.48. The number of nitrogens with one attached hydrogen (secondary N) is 1. The first-order chi connectivity index (χ1) is 6.45. The van der Waals surface area contributed by atoms with Crippen molar-refractivity contribution in [3.8, 4) is 0 Å². The zero-order chi connectivity index (χ0) is 8.93. The van der Waals surface area contributed by atoms with Crippen LogP contribution in [0.5, 0.6) is 0 Å². The maximum absolute atomic E-state index is 3.49. The van der Waals surface area contributed by atoms with E-state index >= 15 is 0 Å². The predicted octanol–water partition coefficient (Wildman–Crippen LogP) is 2.09. The number of rotatable bonds is 1. The van der Waals surface area contributed by atoms with Gasteiger partial charge in [0.1, 0.15) is 0 Å². The van der Waals surface area contributed by atoms with Crippen LogP contribution in [0.2, 0.25) is 0 Å². The van der Waals surface area contributed by atoms with Gasteiger partial charge in [0.15, 0.2) is 0 Å². The minimum absolute atomic E-state index is 1.18. The normalized spacial score (nSPS) is 27.4. The first-order valence-corrected chi connectivity index (χ1v) is 5.64. The van der Waals surface area contributed by atoms with Crippen LogP contribution in [0.1, 0.15) is 38.5 Å². The fraction of sp³-hybridized carbons (Fsp3) is 0.818. The molecule has 0 aromatic heterocycles. The molecule has 2 nitrogen and oxygen atoms in total. The molecule has 0 bridgehead atoms. The Morgan fingerprint density at radius 3 is 2.54 bits per heavy atom. The lowest BCUT2D eigenvalue weighted by Gasteiger charge is -2.27. The van der Waals surface area contributed by atoms with Crippen molar-refractivity contribution in [2.45, 2.75) is 38.5 Å². The van der Waals surface area contributed by atoms with Crippen molar-refractivity contribution in [3.05, 3.63) is 11.9 Å². The van der Waals surface area contributed by atoms with E-state index in [1.807, 2.05) is 0 Å². The van der Waals surface area contributed by atoms with E-state index in [9.17, 15) is 0 Å². The molecule has 0 atom stereocenters. The molecule has 0 aromatic rings. The SMILES string of the molecule is C(=C1\CCCCN1)/N1CCCCC1. The van der Waals surface area contributed by atoms with Gasteiger partial charge in [-0.3, -0.25) is 0 Å². The number of hydrogen-bond acceptors (Lipinski definition) is 2. The molecule has 2 saturated heterocycles. The van der Waals surface area contributed by atoms with Crippen LogP contribution >= 0.6 is 0 Å². The van der Waals surface area contributed by atoms with Crippen molar-refractivity contribution in [1.82, 2.24) is 10.2 Å². The molecular formula is C11H20N2. The number of allylic oxidation sites excluding steroid dienone is 1. The van der Waals surface area contributed by atoms with Gasteiger partial charge in [-0.2, -0.15) is 0 Å². The molecule has 0 aromatic carbocycles. The summed E-state index contributed by atoms with van der Waals surface area (Å²) in [5, 5.41) is 3.49. The molecular weight excluding hydrogens is 160 g/mol. The van der Waals surface area contributed by atoms with Gasteiger partial charge in [0.2, 0.25) is 0 Å². The molecule has 2 aliphatic heterocycles. The van der Waals surface area contributed by atoms with Crippen LogP contribution in [0.4, 0.5) is 0 Å². The van der Waals surface area contributed by atoms with Crippen molar-refractivity contribution in [2.24, 2.45) is 0 Å². The molecule has 13 heavy (non-hydrogen) atoms. The van der Waals surface area contributed by atoms with Crippen LogP contribution in [0, 0.1) is 0 Å². The highest BCUT2D eigenvalue weighted by molar-refractivity contribution is 5.01. The van der Waals surface area contributed by atoms with Crippen molar-refractivity contribution < 1.29 is 0 Å². The molecule has 1 N–H and O–H groups in total. The lowest BCUT2D eigenvalue weighted by molar-refractivity contribution is 0.304. The molecule has 0 radical (unpaired) electrons. The second-order valence-electron chi connectivity index (χ2n) is 4.13. The van der Waals surface area contributed by atoms with E-state index < -0.39 is 0 Å². The lowest BCUT2D eigenvalue weighted by atomic mass is 10.1. The predicted molar refractivity (Wildman–Crippen MR) is 55.4 cm³/mol. The molecule has 2 heterocycles. The van der Waals surface area contributed by atoms with Gasteiger partial charge >= 0.3 is 0 Å². The van der Waals surface area contributed by atoms with E-state index in [1.54, 1.807) is 0 Å². The van der Waals surface area contributed by atoms with Crippen molar-refractivity contribution in [2.75, 3.05) is 19.6 Å². The summed E-state index contributed by atoms with van der Waals surface area (Å²) in [6.07, 6.45) is 10.5. The second kappa shape index (κ2) is 4.54. The van der Waals surface area contributed by atoms with Crippen LogP contribution in [0.25, 0.3) is 0 Å². The van der Waals surface area contributed by atoms with E-state index in [1.165, 1.54) is 63.9 Å². The third kappa shape index (κ3) is 2.64. The Hall–Kier alpha value is -0.660. The monoisotopic (exact) mass is 180 g/mol. The summed E-state index contributed by atoms with van der Waals surface area (Å²) in [6, 6.07) is 0. The maximum Gasteiger partial charge on any atom is 0.0268 e. The second-order valence-corrected chi connectivity index (χ2v) is 4.13. The fourth-order valence-corrected chi connectivity index (χ4v) is 2.16. The van der Waals surface area contributed by atoms with Crippen molar-refractivity contribution in [3.63, 3.8) is 0 Å². The third-order valence-electron chi connectivity index (χ3n) is 2.95. The number of nitrogens with zero attached hydrogens (tertiary/aromatic N) is 1. The minimum atomic E-state index is 1.18. The highest BCUT2D eigenvalue weighted by Crippen LogP contribution is 2.14. The molecule has 2 rings (SSSR count). The van der Waals surface area contributed by atoms with Gasteiger partial charge in [-0.25, -0.2) is 0 Å². The highest BCUT2D eigenvalue weighted by Gasteiger charge is 2.09. The Bertz CT molecular complexity index is 173. The Labute approximate surface area is 81.0 Å². The van der Waals surface area contributed by atoms with Crippen LogP contribution in [0.15, 0.2) is 11.9 Å². The largest absolute Gasteiger partial charge is 0.387 e. The highest BCUT2D eigenvalue weighted by atomic mass is 15.1. The molecule has 0 amide bonds. The zero-order valence-corrected chi connectivity index (χ0v) is 8.39. The summed E-state index contributed by atoms with van der Waals surface area (Å²) < 4.78 is 0. The van der Waals surface area contributed by atoms with E-state index in [0.717, 1.165) is 0 Å². The molecule has 0 spiro atoms. The van der Waals surface area contributed by atoms with Crippen LogP contribution < -0.4 is 5.32 Å².